The predicted octanol–water partition coefficient (Wildman–Crippen LogP) is 3.07. The molecule has 2 aromatic heterocycles. The van der Waals surface area contributed by atoms with Crippen molar-refractivity contribution in [3.8, 4) is 28.3 Å². The van der Waals surface area contributed by atoms with Crippen molar-refractivity contribution in [3.05, 3.63) is 36.7 Å². The highest BCUT2D eigenvalue weighted by Crippen LogP contribution is 2.32. The molecule has 176 valence electrons. The molecule has 0 aliphatic carbocycles. The highest BCUT2D eigenvalue weighted by atomic mass is 16.3. The van der Waals surface area contributed by atoms with Crippen molar-refractivity contribution in [2.75, 3.05) is 5.32 Å². The van der Waals surface area contributed by atoms with Gasteiger partial charge in [0.15, 0.2) is 0 Å². The zero-order chi connectivity index (χ0) is 24.2. The lowest BCUT2D eigenvalue weighted by atomic mass is 9.80. The molecule has 3 aromatic rings. The summed E-state index contributed by atoms with van der Waals surface area (Å²) in [5.74, 6) is 0.624. The number of nitrogens with one attached hydrogen (secondary N) is 2. The van der Waals surface area contributed by atoms with Crippen LogP contribution in [-0.4, -0.2) is 58.8 Å². The molecule has 1 fully saturated rings. The number of nitrogens with zero attached hydrogens (tertiary/aromatic N) is 5. The van der Waals surface area contributed by atoms with E-state index in [-0.39, 0.29) is 29.3 Å². The third-order valence-electron chi connectivity index (χ3n) is 5.37. The molecule has 33 heavy (non-hydrogen) atoms. The van der Waals surface area contributed by atoms with E-state index in [0.29, 0.717) is 17.2 Å². The smallest absolute Gasteiger partial charge is 0.290 e. The van der Waals surface area contributed by atoms with Gasteiger partial charge in [0.05, 0.1) is 11.9 Å². The monoisotopic (exact) mass is 453 g/mol. The standard InChI is InChI=1S/C22H29N7O.CH2O2/c1-21(2)11-15(12-22(3,4)28-21)24-20-23-13-18(25-26-20)16-7-6-14(10-19(16)30)17-8-9-29(5)27-17;2-1-3/h6-10,13,15,28,30H,11-12H2,1-5H3,(H,23,24,26);1H,(H,2,3). The van der Waals surface area contributed by atoms with Crippen LogP contribution in [0.1, 0.15) is 40.5 Å². The van der Waals surface area contributed by atoms with Gasteiger partial charge in [0.25, 0.3) is 6.47 Å². The van der Waals surface area contributed by atoms with Gasteiger partial charge in [0.2, 0.25) is 5.95 Å². The third-order valence-corrected chi connectivity index (χ3v) is 5.37. The average molecular weight is 454 g/mol. The predicted molar refractivity (Wildman–Crippen MR) is 126 cm³/mol. The number of piperidine rings is 1. The number of aryl methyl sites for hydroxylation is 1. The molecule has 0 atom stereocenters. The molecule has 4 N–H and O–H groups in total. The lowest BCUT2D eigenvalue weighted by Crippen LogP contribution is -2.60. The maximum Gasteiger partial charge on any atom is 0.290 e. The fourth-order valence-corrected chi connectivity index (χ4v) is 4.55. The van der Waals surface area contributed by atoms with Crippen molar-refractivity contribution in [2.45, 2.75) is 57.7 Å². The lowest BCUT2D eigenvalue weighted by molar-refractivity contribution is -0.122. The minimum atomic E-state index is -0.250. The number of aromatic nitrogens is 5. The maximum atomic E-state index is 10.5. The van der Waals surface area contributed by atoms with Crippen LogP contribution >= 0.6 is 0 Å². The van der Waals surface area contributed by atoms with Crippen LogP contribution in [0, 0.1) is 0 Å². The molecule has 0 radical (unpaired) electrons. The summed E-state index contributed by atoms with van der Waals surface area (Å²) >= 11 is 0. The van der Waals surface area contributed by atoms with E-state index in [1.54, 1.807) is 16.9 Å². The number of benzene rings is 1. The van der Waals surface area contributed by atoms with Gasteiger partial charge in [-0.1, -0.05) is 6.07 Å². The minimum absolute atomic E-state index is 0.0356. The van der Waals surface area contributed by atoms with Gasteiger partial charge in [-0.15, -0.1) is 10.2 Å². The van der Waals surface area contributed by atoms with Crippen molar-refractivity contribution < 1.29 is 15.0 Å². The lowest BCUT2D eigenvalue weighted by Gasteiger charge is -2.46. The maximum absolute atomic E-state index is 10.5. The summed E-state index contributed by atoms with van der Waals surface area (Å²) in [4.78, 5) is 12.8. The Hall–Kier alpha value is -3.53. The molecule has 1 aliphatic rings. The number of phenols is 1. The number of hydrogen-bond donors (Lipinski definition) is 4. The Morgan fingerprint density at radius 3 is 2.30 bits per heavy atom. The Kier molecular flexibility index (Phi) is 6.97. The molecular weight excluding hydrogens is 422 g/mol. The topological polar surface area (TPSA) is 138 Å². The van der Waals surface area contributed by atoms with Gasteiger partial charge < -0.3 is 20.8 Å². The van der Waals surface area contributed by atoms with Gasteiger partial charge >= 0.3 is 0 Å². The second-order valence-corrected chi connectivity index (χ2v) is 9.52. The zero-order valence-corrected chi connectivity index (χ0v) is 19.6. The van der Waals surface area contributed by atoms with Gasteiger partial charge in [-0.05, 0) is 58.7 Å². The first-order valence-electron chi connectivity index (χ1n) is 10.7. The van der Waals surface area contributed by atoms with E-state index in [1.165, 1.54) is 0 Å². The number of carbonyl (C=O) groups is 1. The molecule has 3 heterocycles. The van der Waals surface area contributed by atoms with Gasteiger partial charge in [-0.25, -0.2) is 4.98 Å². The number of hydrogen-bond acceptors (Lipinski definition) is 8. The molecule has 1 saturated heterocycles. The summed E-state index contributed by atoms with van der Waals surface area (Å²) < 4.78 is 1.73. The highest BCUT2D eigenvalue weighted by molar-refractivity contribution is 5.72. The van der Waals surface area contributed by atoms with E-state index in [2.05, 4.69) is 58.6 Å². The van der Waals surface area contributed by atoms with Crippen molar-refractivity contribution >= 4 is 12.4 Å². The second-order valence-electron chi connectivity index (χ2n) is 9.52. The van der Waals surface area contributed by atoms with E-state index >= 15 is 0 Å². The van der Waals surface area contributed by atoms with Crippen LogP contribution in [-0.2, 0) is 11.8 Å². The normalized spacial score (nSPS) is 17.0. The van der Waals surface area contributed by atoms with Crippen molar-refractivity contribution in [1.82, 2.24) is 30.3 Å². The van der Waals surface area contributed by atoms with Crippen LogP contribution in [0.15, 0.2) is 36.7 Å². The van der Waals surface area contributed by atoms with Crippen LogP contribution in [0.25, 0.3) is 22.5 Å². The van der Waals surface area contributed by atoms with Crippen molar-refractivity contribution in [2.24, 2.45) is 7.05 Å². The van der Waals surface area contributed by atoms with Crippen LogP contribution in [0.4, 0.5) is 5.95 Å². The SMILES string of the molecule is Cn1ccc(-c2ccc(-c3cnc(NC4CC(C)(C)NC(C)(C)C4)nn3)c(O)c2)n1.O=CO. The molecule has 0 amide bonds. The number of rotatable bonds is 4. The fourth-order valence-electron chi connectivity index (χ4n) is 4.55. The molecule has 1 aromatic carbocycles. The van der Waals surface area contributed by atoms with Crippen molar-refractivity contribution in [3.63, 3.8) is 0 Å². The summed E-state index contributed by atoms with van der Waals surface area (Å²) in [6.07, 6.45) is 5.45. The second kappa shape index (κ2) is 9.53. The Labute approximate surface area is 193 Å². The number of anilines is 1. The molecular formula is C23H31N7O3. The summed E-state index contributed by atoms with van der Waals surface area (Å²) in [6, 6.07) is 7.57. The quantitative estimate of drug-likeness (QED) is 0.439. The van der Waals surface area contributed by atoms with Gasteiger partial charge in [0, 0.05) is 41.5 Å². The van der Waals surface area contributed by atoms with E-state index in [4.69, 9.17) is 9.90 Å². The molecule has 10 heteroatoms. The molecule has 0 bridgehead atoms. The average Bonchev–Trinajstić information content (AvgIpc) is 3.13. The first kappa shape index (κ1) is 24.1. The fraction of sp³-hybridized carbons (Fsp3) is 0.435. The van der Waals surface area contributed by atoms with Crippen molar-refractivity contribution in [1.29, 1.82) is 0 Å². The van der Waals surface area contributed by atoms with Crippen LogP contribution in [0.3, 0.4) is 0 Å². The first-order chi connectivity index (χ1) is 15.5. The van der Waals surface area contributed by atoms with Crippen LogP contribution < -0.4 is 10.6 Å². The number of aromatic hydroxyl groups is 1. The minimum Gasteiger partial charge on any atom is -0.507 e. The van der Waals surface area contributed by atoms with Crippen LogP contribution in [0.2, 0.25) is 0 Å². The van der Waals surface area contributed by atoms with E-state index in [9.17, 15) is 5.11 Å². The van der Waals surface area contributed by atoms with Crippen LogP contribution in [0.5, 0.6) is 5.75 Å². The van der Waals surface area contributed by atoms with Gasteiger partial charge in [0.1, 0.15) is 11.4 Å². The number of phenolic OH excluding ortho intramolecular Hbond substituents is 1. The van der Waals surface area contributed by atoms with E-state index in [0.717, 1.165) is 24.1 Å². The molecule has 0 unspecified atom stereocenters. The van der Waals surface area contributed by atoms with E-state index in [1.807, 2.05) is 31.4 Å². The molecule has 0 spiro atoms. The van der Waals surface area contributed by atoms with E-state index < -0.39 is 0 Å². The molecule has 0 saturated carbocycles. The zero-order valence-electron chi connectivity index (χ0n) is 19.6. The Morgan fingerprint density at radius 1 is 1.12 bits per heavy atom. The summed E-state index contributed by atoms with van der Waals surface area (Å²) in [6.45, 7) is 8.59. The molecule has 1 aliphatic heterocycles. The molecule has 10 nitrogen and oxygen atoms in total. The number of carboxylic acid groups (broad SMARTS) is 1. The Morgan fingerprint density at radius 2 is 1.79 bits per heavy atom. The Bertz CT molecular complexity index is 1080. The first-order valence-corrected chi connectivity index (χ1v) is 10.7. The third kappa shape index (κ3) is 6.26. The summed E-state index contributed by atoms with van der Waals surface area (Å²) in [5, 5.41) is 37.4. The summed E-state index contributed by atoms with van der Waals surface area (Å²) in [5.41, 5.74) is 2.83. The van der Waals surface area contributed by atoms with Gasteiger partial charge in [-0.3, -0.25) is 9.48 Å². The summed E-state index contributed by atoms with van der Waals surface area (Å²) in [7, 11) is 1.86. The largest absolute Gasteiger partial charge is 0.507 e. The highest BCUT2D eigenvalue weighted by Gasteiger charge is 2.37. The Balaban J connectivity index is 0.000000968. The van der Waals surface area contributed by atoms with Gasteiger partial charge in [-0.2, -0.15) is 5.10 Å². The molecule has 4 rings (SSSR count).